The lowest BCUT2D eigenvalue weighted by atomic mass is 10.1. The fourth-order valence-corrected chi connectivity index (χ4v) is 2.06. The van der Waals surface area contributed by atoms with Gasteiger partial charge in [-0.1, -0.05) is 30.3 Å². The van der Waals surface area contributed by atoms with Crippen molar-refractivity contribution < 1.29 is 14.3 Å². The van der Waals surface area contributed by atoms with E-state index in [0.717, 1.165) is 18.5 Å². The summed E-state index contributed by atoms with van der Waals surface area (Å²) in [5.41, 5.74) is 0.706. The molecule has 1 aliphatic rings. The third-order valence-corrected chi connectivity index (χ3v) is 3.19. The van der Waals surface area contributed by atoms with Gasteiger partial charge >= 0.3 is 6.09 Å². The van der Waals surface area contributed by atoms with Crippen molar-refractivity contribution in [2.24, 2.45) is 0 Å². The molecule has 1 heterocycles. The number of ether oxygens (including phenoxy) is 2. The molecule has 110 valence electrons. The summed E-state index contributed by atoms with van der Waals surface area (Å²) >= 11 is 0. The first-order valence-electron chi connectivity index (χ1n) is 7.07. The van der Waals surface area contributed by atoms with Crippen LogP contribution in [-0.2, 0) is 16.1 Å². The summed E-state index contributed by atoms with van der Waals surface area (Å²) in [5.74, 6) is 0. The van der Waals surface area contributed by atoms with Crippen molar-refractivity contribution in [2.45, 2.75) is 45.4 Å². The van der Waals surface area contributed by atoms with Gasteiger partial charge in [0.1, 0.15) is 5.60 Å². The van der Waals surface area contributed by atoms with Gasteiger partial charge in [-0.3, -0.25) is 0 Å². The first-order valence-corrected chi connectivity index (χ1v) is 7.07. The number of hydrogen-bond donors (Lipinski definition) is 0. The van der Waals surface area contributed by atoms with Crippen molar-refractivity contribution in [3.05, 3.63) is 35.9 Å². The Morgan fingerprint density at radius 1 is 1.30 bits per heavy atom. The number of carbonyl (C=O) groups is 1. The number of carbonyl (C=O) groups excluding carboxylic acids is 1. The molecule has 1 saturated heterocycles. The highest BCUT2D eigenvalue weighted by atomic mass is 16.6. The van der Waals surface area contributed by atoms with E-state index in [1.807, 2.05) is 51.1 Å². The Hall–Kier alpha value is -1.55. The molecule has 4 heteroatoms. The van der Waals surface area contributed by atoms with Gasteiger partial charge in [-0.15, -0.1) is 0 Å². The standard InChI is InChI=1S/C16H23NO3/c1-16(2,3)20-15(18)17-10-9-14(17)12-19-11-13-7-5-4-6-8-13/h4-8,14H,9-12H2,1-3H3. The molecule has 1 amide bonds. The Bertz CT molecular complexity index is 439. The van der Waals surface area contributed by atoms with Crippen LogP contribution in [0.1, 0.15) is 32.8 Å². The topological polar surface area (TPSA) is 38.8 Å². The van der Waals surface area contributed by atoms with E-state index >= 15 is 0 Å². The van der Waals surface area contributed by atoms with Crippen molar-refractivity contribution in [3.63, 3.8) is 0 Å². The Labute approximate surface area is 120 Å². The highest BCUT2D eigenvalue weighted by Gasteiger charge is 2.35. The first-order chi connectivity index (χ1) is 9.46. The average molecular weight is 277 g/mol. The number of hydrogen-bond acceptors (Lipinski definition) is 3. The van der Waals surface area contributed by atoms with E-state index in [4.69, 9.17) is 9.47 Å². The summed E-state index contributed by atoms with van der Waals surface area (Å²) < 4.78 is 11.1. The second kappa shape index (κ2) is 6.27. The van der Waals surface area contributed by atoms with E-state index in [9.17, 15) is 4.79 Å². The highest BCUT2D eigenvalue weighted by Crippen LogP contribution is 2.21. The second-order valence-electron chi connectivity index (χ2n) is 6.12. The van der Waals surface area contributed by atoms with Crippen molar-refractivity contribution in [1.82, 2.24) is 4.90 Å². The summed E-state index contributed by atoms with van der Waals surface area (Å²) in [4.78, 5) is 13.7. The van der Waals surface area contributed by atoms with Gasteiger partial charge in [-0.25, -0.2) is 4.79 Å². The number of likely N-dealkylation sites (tertiary alicyclic amines) is 1. The quantitative estimate of drug-likeness (QED) is 0.848. The predicted octanol–water partition coefficient (Wildman–Crippen LogP) is 3.21. The Morgan fingerprint density at radius 2 is 2.00 bits per heavy atom. The highest BCUT2D eigenvalue weighted by molar-refractivity contribution is 5.69. The molecule has 2 rings (SSSR count). The average Bonchev–Trinajstić information content (AvgIpc) is 2.32. The van der Waals surface area contributed by atoms with Crippen LogP contribution < -0.4 is 0 Å². The maximum atomic E-state index is 11.9. The molecule has 1 aromatic carbocycles. The molecule has 4 nitrogen and oxygen atoms in total. The molecule has 0 N–H and O–H groups in total. The molecule has 0 radical (unpaired) electrons. The third-order valence-electron chi connectivity index (χ3n) is 3.19. The summed E-state index contributed by atoms with van der Waals surface area (Å²) in [6.07, 6.45) is 0.741. The smallest absolute Gasteiger partial charge is 0.410 e. The number of amides is 1. The largest absolute Gasteiger partial charge is 0.444 e. The Morgan fingerprint density at radius 3 is 2.55 bits per heavy atom. The zero-order chi connectivity index (χ0) is 14.6. The molecule has 1 fully saturated rings. The fourth-order valence-electron chi connectivity index (χ4n) is 2.06. The van der Waals surface area contributed by atoms with Crippen LogP contribution in [0, 0.1) is 0 Å². The van der Waals surface area contributed by atoms with Gasteiger partial charge in [-0.05, 0) is 32.8 Å². The predicted molar refractivity (Wildman–Crippen MR) is 77.4 cm³/mol. The van der Waals surface area contributed by atoms with Gasteiger partial charge in [0.2, 0.25) is 0 Å². The number of rotatable bonds is 4. The van der Waals surface area contributed by atoms with Gasteiger partial charge in [0.15, 0.2) is 0 Å². The normalized spacial score (nSPS) is 18.6. The van der Waals surface area contributed by atoms with E-state index in [1.165, 1.54) is 0 Å². The van der Waals surface area contributed by atoms with Crippen LogP contribution in [0.3, 0.4) is 0 Å². The lowest BCUT2D eigenvalue weighted by Crippen LogP contribution is -2.54. The molecule has 1 aromatic rings. The Kier molecular flexibility index (Phi) is 4.65. The minimum Gasteiger partial charge on any atom is -0.444 e. The molecule has 0 saturated carbocycles. The molecule has 1 aliphatic heterocycles. The van der Waals surface area contributed by atoms with E-state index in [1.54, 1.807) is 4.90 Å². The van der Waals surface area contributed by atoms with Crippen LogP contribution in [0.25, 0.3) is 0 Å². The van der Waals surface area contributed by atoms with Crippen LogP contribution in [0.5, 0.6) is 0 Å². The number of benzene rings is 1. The molecular weight excluding hydrogens is 254 g/mol. The lowest BCUT2D eigenvalue weighted by Gasteiger charge is -2.41. The van der Waals surface area contributed by atoms with Gasteiger partial charge in [0, 0.05) is 6.54 Å². The summed E-state index contributed by atoms with van der Waals surface area (Å²) in [6.45, 7) is 7.55. The van der Waals surface area contributed by atoms with E-state index in [2.05, 4.69) is 0 Å². The summed E-state index contributed by atoms with van der Waals surface area (Å²) in [7, 11) is 0. The fraction of sp³-hybridized carbons (Fsp3) is 0.562. The molecule has 0 bridgehead atoms. The van der Waals surface area contributed by atoms with Gasteiger partial charge in [0.05, 0.1) is 19.3 Å². The molecule has 1 atom stereocenters. The van der Waals surface area contributed by atoms with Crippen LogP contribution in [-0.4, -0.2) is 35.8 Å². The number of nitrogens with zero attached hydrogens (tertiary/aromatic N) is 1. The zero-order valence-electron chi connectivity index (χ0n) is 12.5. The third kappa shape index (κ3) is 4.23. The molecule has 0 aromatic heterocycles. The van der Waals surface area contributed by atoms with Crippen molar-refractivity contribution in [2.75, 3.05) is 13.2 Å². The van der Waals surface area contributed by atoms with Crippen molar-refractivity contribution in [1.29, 1.82) is 0 Å². The molecule has 1 unspecified atom stereocenters. The van der Waals surface area contributed by atoms with Gasteiger partial charge in [0.25, 0.3) is 0 Å². The molecular formula is C16H23NO3. The first kappa shape index (κ1) is 14.9. The Balaban J connectivity index is 1.73. The minimum absolute atomic E-state index is 0.147. The van der Waals surface area contributed by atoms with Crippen LogP contribution in [0.15, 0.2) is 30.3 Å². The zero-order valence-corrected chi connectivity index (χ0v) is 12.5. The summed E-state index contributed by atoms with van der Waals surface area (Å²) in [6, 6.07) is 10.2. The van der Waals surface area contributed by atoms with Gasteiger partial charge in [-0.2, -0.15) is 0 Å². The maximum absolute atomic E-state index is 11.9. The van der Waals surface area contributed by atoms with E-state index in [-0.39, 0.29) is 12.1 Å². The van der Waals surface area contributed by atoms with Crippen LogP contribution >= 0.6 is 0 Å². The maximum Gasteiger partial charge on any atom is 0.410 e. The van der Waals surface area contributed by atoms with Crippen LogP contribution in [0.2, 0.25) is 0 Å². The van der Waals surface area contributed by atoms with E-state index < -0.39 is 5.60 Å². The second-order valence-corrected chi connectivity index (χ2v) is 6.12. The molecule has 0 aliphatic carbocycles. The summed E-state index contributed by atoms with van der Waals surface area (Å²) in [5, 5.41) is 0. The van der Waals surface area contributed by atoms with Gasteiger partial charge < -0.3 is 14.4 Å². The van der Waals surface area contributed by atoms with Crippen molar-refractivity contribution >= 4 is 6.09 Å². The van der Waals surface area contributed by atoms with E-state index in [0.29, 0.717) is 13.2 Å². The molecule has 20 heavy (non-hydrogen) atoms. The molecule has 0 spiro atoms. The SMILES string of the molecule is CC(C)(C)OC(=O)N1CCC1COCc1ccccc1. The van der Waals surface area contributed by atoms with Crippen LogP contribution in [0.4, 0.5) is 4.79 Å². The minimum atomic E-state index is -0.442. The lowest BCUT2D eigenvalue weighted by molar-refractivity contribution is -0.0307. The van der Waals surface area contributed by atoms with Crippen molar-refractivity contribution in [3.8, 4) is 0 Å². The monoisotopic (exact) mass is 277 g/mol.